The normalized spacial score (nSPS) is 13.0. The van der Waals surface area contributed by atoms with Gasteiger partial charge in [-0.25, -0.2) is 0 Å². The summed E-state index contributed by atoms with van der Waals surface area (Å²) in [6.45, 7) is 0. The van der Waals surface area contributed by atoms with Crippen LogP contribution in [0, 0.1) is 0 Å². The molecule has 0 fully saturated rings. The number of hydrogen-bond acceptors (Lipinski definition) is 0. The predicted octanol–water partition coefficient (Wildman–Crippen LogP) is 3.99. The Morgan fingerprint density at radius 1 is 0.929 bits per heavy atom. The van der Waals surface area contributed by atoms with Gasteiger partial charge in [0.15, 0.2) is 0 Å². The molecular weight excluding hydrogens is 227 g/mol. The minimum Gasteiger partial charge on any atom is -0.191 e. The molecule has 0 aliphatic heterocycles. The topological polar surface area (TPSA) is 0 Å². The van der Waals surface area contributed by atoms with Crippen molar-refractivity contribution in [2.45, 2.75) is 12.1 Å². The monoisotopic (exact) mass is 230 g/mol. The third-order valence-corrected chi connectivity index (χ3v) is 1.90. The number of alkyl halides is 5. The fraction of sp³-hybridized carbons (Fsp3) is 0.250. The molecule has 0 amide bonds. The Balaban J connectivity index is 3.23. The lowest BCUT2D eigenvalue weighted by molar-refractivity contribution is -0.289. The Hall–Kier alpha value is -0.840. The predicted molar refractivity (Wildman–Crippen MR) is 41.4 cm³/mol. The third kappa shape index (κ3) is 1.82. The van der Waals surface area contributed by atoms with Gasteiger partial charge < -0.3 is 0 Å². The fourth-order valence-electron chi connectivity index (χ4n) is 0.869. The van der Waals surface area contributed by atoms with E-state index in [0.29, 0.717) is 6.07 Å². The summed E-state index contributed by atoms with van der Waals surface area (Å²) in [5.74, 6) is -4.91. The maximum Gasteiger partial charge on any atom is 0.458 e. The van der Waals surface area contributed by atoms with E-state index < -0.39 is 22.7 Å². The van der Waals surface area contributed by atoms with E-state index in [-0.39, 0.29) is 0 Å². The maximum absolute atomic E-state index is 12.7. The van der Waals surface area contributed by atoms with Crippen LogP contribution in [0.25, 0.3) is 0 Å². The number of rotatable bonds is 1. The van der Waals surface area contributed by atoms with Crippen LogP contribution >= 0.6 is 11.6 Å². The van der Waals surface area contributed by atoms with Gasteiger partial charge >= 0.3 is 12.1 Å². The first-order valence-corrected chi connectivity index (χ1v) is 3.84. The van der Waals surface area contributed by atoms with Crippen LogP contribution in [0.4, 0.5) is 22.0 Å². The van der Waals surface area contributed by atoms with Crippen LogP contribution in [0.3, 0.4) is 0 Å². The average Bonchev–Trinajstić information content (AvgIpc) is 2.02. The summed E-state index contributed by atoms with van der Waals surface area (Å²) in [6, 6.07) is 3.98. The molecule has 0 unspecified atom stereocenters. The minimum atomic E-state index is -5.63. The minimum absolute atomic E-state index is 0.602. The Bertz CT molecular complexity index is 331. The second kappa shape index (κ2) is 3.38. The van der Waals surface area contributed by atoms with E-state index in [2.05, 4.69) is 0 Å². The van der Waals surface area contributed by atoms with E-state index >= 15 is 0 Å². The Morgan fingerprint density at radius 2 is 1.43 bits per heavy atom. The molecule has 0 saturated heterocycles. The zero-order valence-corrected chi connectivity index (χ0v) is 7.33. The number of halogens is 6. The fourth-order valence-corrected chi connectivity index (χ4v) is 1.12. The average molecular weight is 231 g/mol. The van der Waals surface area contributed by atoms with Gasteiger partial charge in [-0.05, 0) is 6.07 Å². The zero-order valence-electron chi connectivity index (χ0n) is 6.58. The summed E-state index contributed by atoms with van der Waals surface area (Å²) < 4.78 is 61.1. The first-order valence-electron chi connectivity index (χ1n) is 3.46. The molecule has 0 saturated carbocycles. The van der Waals surface area contributed by atoms with E-state index in [1.54, 1.807) is 0 Å². The van der Waals surface area contributed by atoms with Crippen molar-refractivity contribution in [3.8, 4) is 0 Å². The quantitative estimate of drug-likeness (QED) is 0.640. The molecule has 0 bridgehead atoms. The standard InChI is InChI=1S/C8H4ClF5/c9-6-4-2-1-3-5(6)7(10,11)8(12,13)14/h1-4H. The molecule has 0 spiro atoms. The Morgan fingerprint density at radius 3 is 1.86 bits per heavy atom. The SMILES string of the molecule is FC(F)(F)C(F)(F)c1ccccc1Cl. The summed E-state index contributed by atoms with van der Waals surface area (Å²) in [5.41, 5.74) is -1.23. The van der Waals surface area contributed by atoms with Gasteiger partial charge in [0.2, 0.25) is 0 Å². The van der Waals surface area contributed by atoms with Crippen LogP contribution in [0.1, 0.15) is 5.56 Å². The van der Waals surface area contributed by atoms with Crippen molar-refractivity contribution in [1.82, 2.24) is 0 Å². The highest BCUT2D eigenvalue weighted by Gasteiger charge is 2.59. The lowest BCUT2D eigenvalue weighted by Crippen LogP contribution is -2.33. The molecule has 6 heteroatoms. The molecule has 0 atom stereocenters. The van der Waals surface area contributed by atoms with Crippen molar-refractivity contribution in [2.75, 3.05) is 0 Å². The van der Waals surface area contributed by atoms with Gasteiger partial charge in [-0.2, -0.15) is 22.0 Å². The van der Waals surface area contributed by atoms with Crippen molar-refractivity contribution in [3.63, 3.8) is 0 Å². The lowest BCUT2D eigenvalue weighted by Gasteiger charge is -2.20. The summed E-state index contributed by atoms with van der Waals surface area (Å²) in [4.78, 5) is 0. The van der Waals surface area contributed by atoms with Crippen LogP contribution in [0.2, 0.25) is 5.02 Å². The Labute approximate surface area is 81.3 Å². The molecule has 0 aliphatic carbocycles. The first-order chi connectivity index (χ1) is 6.27. The summed E-state index contributed by atoms with van der Waals surface area (Å²) in [5, 5.41) is -0.602. The molecular formula is C8H4ClF5. The van der Waals surface area contributed by atoms with Crippen LogP contribution in [-0.4, -0.2) is 6.18 Å². The molecule has 0 radical (unpaired) electrons. The van der Waals surface area contributed by atoms with Gasteiger partial charge in [0.25, 0.3) is 0 Å². The molecule has 0 aliphatic rings. The van der Waals surface area contributed by atoms with E-state index in [1.807, 2.05) is 0 Å². The van der Waals surface area contributed by atoms with Crippen LogP contribution in [0.15, 0.2) is 24.3 Å². The van der Waals surface area contributed by atoms with Crippen molar-refractivity contribution < 1.29 is 22.0 Å². The van der Waals surface area contributed by atoms with Crippen molar-refractivity contribution in [3.05, 3.63) is 34.9 Å². The molecule has 0 nitrogen and oxygen atoms in total. The van der Waals surface area contributed by atoms with E-state index in [4.69, 9.17) is 11.6 Å². The highest BCUT2D eigenvalue weighted by atomic mass is 35.5. The van der Waals surface area contributed by atoms with Crippen molar-refractivity contribution >= 4 is 11.6 Å². The summed E-state index contributed by atoms with van der Waals surface area (Å²) >= 11 is 5.23. The second-order valence-corrected chi connectivity index (χ2v) is 2.96. The molecule has 1 aromatic carbocycles. The molecule has 0 N–H and O–H groups in total. The van der Waals surface area contributed by atoms with Gasteiger partial charge in [0.1, 0.15) is 0 Å². The molecule has 0 aromatic heterocycles. The zero-order chi connectivity index (χ0) is 11.0. The number of hydrogen-bond donors (Lipinski definition) is 0. The van der Waals surface area contributed by atoms with E-state index in [9.17, 15) is 22.0 Å². The van der Waals surface area contributed by atoms with Crippen LogP contribution in [-0.2, 0) is 5.92 Å². The van der Waals surface area contributed by atoms with Gasteiger partial charge in [0.05, 0.1) is 5.02 Å². The summed E-state index contributed by atoms with van der Waals surface area (Å²) in [6.07, 6.45) is -5.63. The largest absolute Gasteiger partial charge is 0.458 e. The lowest BCUT2D eigenvalue weighted by atomic mass is 10.1. The van der Waals surface area contributed by atoms with Gasteiger partial charge in [-0.1, -0.05) is 29.8 Å². The molecule has 1 rings (SSSR count). The molecule has 78 valence electrons. The highest BCUT2D eigenvalue weighted by molar-refractivity contribution is 6.31. The highest BCUT2D eigenvalue weighted by Crippen LogP contribution is 2.45. The van der Waals surface area contributed by atoms with Gasteiger partial charge in [-0.3, -0.25) is 0 Å². The molecule has 1 aromatic rings. The van der Waals surface area contributed by atoms with Gasteiger partial charge in [0, 0.05) is 5.56 Å². The van der Waals surface area contributed by atoms with E-state index in [0.717, 1.165) is 12.1 Å². The second-order valence-electron chi connectivity index (χ2n) is 2.55. The Kier molecular flexibility index (Phi) is 2.71. The number of benzene rings is 1. The van der Waals surface area contributed by atoms with E-state index in [1.165, 1.54) is 6.07 Å². The molecule has 14 heavy (non-hydrogen) atoms. The maximum atomic E-state index is 12.7. The molecule has 0 heterocycles. The third-order valence-electron chi connectivity index (χ3n) is 1.57. The van der Waals surface area contributed by atoms with Crippen molar-refractivity contribution in [2.24, 2.45) is 0 Å². The van der Waals surface area contributed by atoms with Crippen LogP contribution in [0.5, 0.6) is 0 Å². The van der Waals surface area contributed by atoms with Crippen molar-refractivity contribution in [1.29, 1.82) is 0 Å². The van der Waals surface area contributed by atoms with Gasteiger partial charge in [-0.15, -0.1) is 0 Å². The summed E-state index contributed by atoms with van der Waals surface area (Å²) in [7, 11) is 0. The smallest absolute Gasteiger partial charge is 0.191 e. The van der Waals surface area contributed by atoms with Crippen LogP contribution < -0.4 is 0 Å². The first kappa shape index (κ1) is 11.2.